The summed E-state index contributed by atoms with van der Waals surface area (Å²) in [5.41, 5.74) is -1.55. The SMILES string of the molecule is CCOc1ccc(-n2c(=O)c3ccc(Cl)cc3n(CC(=O)NCc3cccc(C(F)(F)F)c3)c2=O)cc1. The lowest BCUT2D eigenvalue weighted by Gasteiger charge is -2.15. The van der Waals surface area contributed by atoms with Crippen LogP contribution in [-0.2, 0) is 24.1 Å². The van der Waals surface area contributed by atoms with Crippen molar-refractivity contribution >= 4 is 28.4 Å². The topological polar surface area (TPSA) is 82.3 Å². The predicted octanol–water partition coefficient (Wildman–Crippen LogP) is 4.54. The van der Waals surface area contributed by atoms with Crippen molar-refractivity contribution in [3.8, 4) is 11.4 Å². The minimum absolute atomic E-state index is 0.152. The molecule has 3 aromatic carbocycles. The lowest BCUT2D eigenvalue weighted by atomic mass is 10.1. The van der Waals surface area contributed by atoms with E-state index in [9.17, 15) is 27.6 Å². The van der Waals surface area contributed by atoms with Crippen molar-refractivity contribution in [3.05, 3.63) is 104 Å². The van der Waals surface area contributed by atoms with Gasteiger partial charge in [-0.25, -0.2) is 9.36 Å². The van der Waals surface area contributed by atoms with Crippen LogP contribution in [0.4, 0.5) is 13.2 Å². The molecule has 0 aliphatic rings. The number of fused-ring (bicyclic) bond motifs is 1. The summed E-state index contributed by atoms with van der Waals surface area (Å²) in [5, 5.41) is 2.93. The van der Waals surface area contributed by atoms with Crippen molar-refractivity contribution < 1.29 is 22.7 Å². The van der Waals surface area contributed by atoms with E-state index in [0.717, 1.165) is 21.3 Å². The Kier molecular flexibility index (Phi) is 7.40. The molecule has 1 N–H and O–H groups in total. The molecule has 0 atom stereocenters. The van der Waals surface area contributed by atoms with E-state index in [2.05, 4.69) is 5.32 Å². The molecule has 0 bridgehead atoms. The van der Waals surface area contributed by atoms with Crippen molar-refractivity contribution in [2.75, 3.05) is 6.61 Å². The molecular formula is C26H21ClF3N3O4. The highest BCUT2D eigenvalue weighted by molar-refractivity contribution is 6.31. The number of amides is 1. The fourth-order valence-electron chi connectivity index (χ4n) is 3.84. The Morgan fingerprint density at radius 3 is 2.43 bits per heavy atom. The fourth-order valence-corrected chi connectivity index (χ4v) is 4.00. The van der Waals surface area contributed by atoms with Crippen LogP contribution >= 0.6 is 11.6 Å². The molecule has 1 heterocycles. The Hall–Kier alpha value is -4.05. The second-order valence-electron chi connectivity index (χ2n) is 8.07. The van der Waals surface area contributed by atoms with Crippen LogP contribution in [-0.4, -0.2) is 21.6 Å². The second-order valence-corrected chi connectivity index (χ2v) is 8.51. The van der Waals surface area contributed by atoms with E-state index in [0.29, 0.717) is 12.4 Å². The molecule has 0 aliphatic carbocycles. The number of rotatable bonds is 7. The van der Waals surface area contributed by atoms with Crippen molar-refractivity contribution in [1.29, 1.82) is 0 Å². The number of nitrogens with one attached hydrogen (secondary N) is 1. The molecule has 4 aromatic rings. The van der Waals surface area contributed by atoms with Gasteiger partial charge in [0, 0.05) is 11.6 Å². The maximum atomic E-state index is 13.4. The Morgan fingerprint density at radius 2 is 1.76 bits per heavy atom. The maximum absolute atomic E-state index is 13.4. The first-order chi connectivity index (χ1) is 17.6. The molecule has 11 heteroatoms. The predicted molar refractivity (Wildman–Crippen MR) is 133 cm³/mol. The Morgan fingerprint density at radius 1 is 1.03 bits per heavy atom. The summed E-state index contributed by atoms with van der Waals surface area (Å²) in [6.07, 6.45) is -4.51. The highest BCUT2D eigenvalue weighted by Crippen LogP contribution is 2.29. The molecule has 1 amide bonds. The second kappa shape index (κ2) is 10.5. The quantitative estimate of drug-likeness (QED) is 0.380. The van der Waals surface area contributed by atoms with Crippen LogP contribution in [0.2, 0.25) is 5.02 Å². The number of carbonyl (C=O) groups is 1. The summed E-state index contributed by atoms with van der Waals surface area (Å²) in [5.74, 6) is -0.0844. The molecule has 0 fully saturated rings. The number of halogens is 4. The zero-order valence-corrected chi connectivity index (χ0v) is 20.3. The Balaban J connectivity index is 1.69. The molecule has 0 spiro atoms. The monoisotopic (exact) mass is 531 g/mol. The van der Waals surface area contributed by atoms with Gasteiger partial charge in [0.2, 0.25) is 5.91 Å². The number of aromatic nitrogens is 2. The van der Waals surface area contributed by atoms with E-state index in [4.69, 9.17) is 16.3 Å². The van der Waals surface area contributed by atoms with Crippen molar-refractivity contribution in [1.82, 2.24) is 14.5 Å². The third kappa shape index (κ3) is 5.69. The number of carbonyl (C=O) groups excluding carboxylic acids is 1. The summed E-state index contributed by atoms with van der Waals surface area (Å²) >= 11 is 6.10. The van der Waals surface area contributed by atoms with Crippen LogP contribution in [0.3, 0.4) is 0 Å². The van der Waals surface area contributed by atoms with Crippen LogP contribution in [0.15, 0.2) is 76.3 Å². The van der Waals surface area contributed by atoms with Gasteiger partial charge in [-0.1, -0.05) is 23.7 Å². The maximum Gasteiger partial charge on any atom is 0.416 e. The molecule has 4 rings (SSSR count). The summed E-state index contributed by atoms with van der Waals surface area (Å²) in [4.78, 5) is 39.4. The summed E-state index contributed by atoms with van der Waals surface area (Å²) in [7, 11) is 0. The van der Waals surface area contributed by atoms with Crippen molar-refractivity contribution in [3.63, 3.8) is 0 Å². The van der Waals surface area contributed by atoms with E-state index < -0.39 is 35.4 Å². The molecule has 7 nitrogen and oxygen atoms in total. The Labute approximate surface area is 213 Å². The van der Waals surface area contributed by atoms with Gasteiger partial charge in [-0.15, -0.1) is 0 Å². The van der Waals surface area contributed by atoms with Gasteiger partial charge in [-0.2, -0.15) is 13.2 Å². The summed E-state index contributed by atoms with van der Waals surface area (Å²) in [6.45, 7) is 1.59. The molecule has 0 saturated heterocycles. The average Bonchev–Trinajstić information content (AvgIpc) is 2.86. The minimum Gasteiger partial charge on any atom is -0.494 e. The van der Waals surface area contributed by atoms with Gasteiger partial charge >= 0.3 is 11.9 Å². The van der Waals surface area contributed by atoms with E-state index in [1.165, 1.54) is 30.3 Å². The normalized spacial score (nSPS) is 11.5. The first-order valence-corrected chi connectivity index (χ1v) is 11.6. The van der Waals surface area contributed by atoms with E-state index in [-0.39, 0.29) is 33.7 Å². The van der Waals surface area contributed by atoms with E-state index in [1.54, 1.807) is 24.3 Å². The van der Waals surface area contributed by atoms with Gasteiger partial charge < -0.3 is 10.1 Å². The van der Waals surface area contributed by atoms with Gasteiger partial charge in [0.1, 0.15) is 12.3 Å². The number of hydrogen-bond acceptors (Lipinski definition) is 4. The van der Waals surface area contributed by atoms with Crippen molar-refractivity contribution in [2.24, 2.45) is 0 Å². The molecule has 0 unspecified atom stereocenters. The molecule has 37 heavy (non-hydrogen) atoms. The van der Waals surface area contributed by atoms with Gasteiger partial charge in [0.15, 0.2) is 0 Å². The minimum atomic E-state index is -4.51. The number of nitrogens with zero attached hydrogens (tertiary/aromatic N) is 2. The van der Waals surface area contributed by atoms with Crippen LogP contribution in [0.1, 0.15) is 18.1 Å². The number of benzene rings is 3. The zero-order valence-electron chi connectivity index (χ0n) is 19.5. The highest BCUT2D eigenvalue weighted by atomic mass is 35.5. The summed E-state index contributed by atoms with van der Waals surface area (Å²) in [6, 6.07) is 15.3. The van der Waals surface area contributed by atoms with Crippen molar-refractivity contribution in [2.45, 2.75) is 26.2 Å². The first kappa shape index (κ1) is 26.0. The molecule has 0 saturated carbocycles. The molecular weight excluding hydrogens is 511 g/mol. The number of hydrogen-bond donors (Lipinski definition) is 1. The van der Waals surface area contributed by atoms with Crippen LogP contribution in [0, 0.1) is 0 Å². The van der Waals surface area contributed by atoms with Gasteiger partial charge in [-0.3, -0.25) is 14.2 Å². The molecule has 0 aliphatic heterocycles. The zero-order chi connectivity index (χ0) is 26.7. The fraction of sp³-hybridized carbons (Fsp3) is 0.192. The van der Waals surface area contributed by atoms with Crippen LogP contribution in [0.5, 0.6) is 5.75 Å². The largest absolute Gasteiger partial charge is 0.494 e. The van der Waals surface area contributed by atoms with Crippen LogP contribution < -0.4 is 21.3 Å². The van der Waals surface area contributed by atoms with Gasteiger partial charge in [0.25, 0.3) is 5.56 Å². The number of ether oxygens (including phenoxy) is 1. The molecule has 0 radical (unpaired) electrons. The first-order valence-electron chi connectivity index (χ1n) is 11.2. The number of alkyl halides is 3. The lowest BCUT2D eigenvalue weighted by molar-refractivity contribution is -0.137. The summed E-state index contributed by atoms with van der Waals surface area (Å²) < 4.78 is 46.4. The third-order valence-corrected chi connectivity index (χ3v) is 5.79. The molecule has 1 aromatic heterocycles. The smallest absolute Gasteiger partial charge is 0.416 e. The highest BCUT2D eigenvalue weighted by Gasteiger charge is 2.30. The van der Waals surface area contributed by atoms with E-state index >= 15 is 0 Å². The lowest BCUT2D eigenvalue weighted by Crippen LogP contribution is -2.41. The van der Waals surface area contributed by atoms with Gasteiger partial charge in [0.05, 0.1) is 28.8 Å². The Bertz CT molecular complexity index is 1580. The van der Waals surface area contributed by atoms with Gasteiger partial charge in [-0.05, 0) is 67.1 Å². The standard InChI is InChI=1S/C26H21ClF3N3O4/c1-2-37-20-9-7-19(8-10-20)33-24(35)21-11-6-18(27)13-22(21)32(25(33)36)15-23(34)31-14-16-4-3-5-17(12-16)26(28,29)30/h3-13H,2,14-15H2,1H3,(H,31,34). The van der Waals surface area contributed by atoms with E-state index in [1.807, 2.05) is 6.92 Å². The molecule has 192 valence electrons. The van der Waals surface area contributed by atoms with Crippen LogP contribution in [0.25, 0.3) is 16.6 Å². The average molecular weight is 532 g/mol. The third-order valence-electron chi connectivity index (χ3n) is 5.56.